The minimum absolute atomic E-state index is 0.886. The highest BCUT2D eigenvalue weighted by Crippen LogP contribution is 2.07. The number of hydrogen-bond donors (Lipinski definition) is 1. The first-order chi connectivity index (χ1) is 7.36. The zero-order chi connectivity index (χ0) is 10.9. The van der Waals surface area contributed by atoms with Gasteiger partial charge in [0, 0.05) is 12.8 Å². The number of aryl methyl sites for hydroxylation is 2. The van der Waals surface area contributed by atoms with E-state index in [1.807, 2.05) is 6.20 Å². The van der Waals surface area contributed by atoms with Gasteiger partial charge in [-0.05, 0) is 32.4 Å². The Kier molecular flexibility index (Phi) is 6.09. The maximum absolute atomic E-state index is 5.59. The summed E-state index contributed by atoms with van der Waals surface area (Å²) in [5.74, 6) is 1.91. The van der Waals surface area contributed by atoms with Crippen LogP contribution in [0.5, 0.6) is 0 Å². The van der Waals surface area contributed by atoms with Crippen LogP contribution in [0.1, 0.15) is 44.8 Å². The fraction of sp³-hybridized carbons (Fsp3) is 0.750. The van der Waals surface area contributed by atoms with Crippen molar-refractivity contribution in [3.8, 4) is 0 Å². The first-order valence-corrected chi connectivity index (χ1v) is 6.01. The summed E-state index contributed by atoms with van der Waals surface area (Å²) in [5, 5.41) is 3.37. The molecule has 0 amide bonds. The van der Waals surface area contributed by atoms with Gasteiger partial charge in [-0.25, -0.2) is 4.98 Å². The predicted octanol–water partition coefficient (Wildman–Crippen LogP) is 2.56. The lowest BCUT2D eigenvalue weighted by Crippen LogP contribution is -2.16. The topological polar surface area (TPSA) is 38.1 Å². The van der Waals surface area contributed by atoms with Gasteiger partial charge in [-0.3, -0.25) is 0 Å². The van der Waals surface area contributed by atoms with E-state index in [1.54, 1.807) is 0 Å². The van der Waals surface area contributed by atoms with Gasteiger partial charge >= 0.3 is 0 Å². The Labute approximate surface area is 92.3 Å². The molecule has 0 radical (unpaired) electrons. The van der Waals surface area contributed by atoms with E-state index in [4.69, 9.17) is 4.42 Å². The van der Waals surface area contributed by atoms with Gasteiger partial charge in [0.2, 0.25) is 0 Å². The molecule has 1 aromatic rings. The van der Waals surface area contributed by atoms with Gasteiger partial charge in [-0.2, -0.15) is 0 Å². The molecule has 1 rings (SSSR count). The molecule has 0 aliphatic carbocycles. The van der Waals surface area contributed by atoms with Crippen LogP contribution >= 0.6 is 0 Å². The molecule has 1 heterocycles. The van der Waals surface area contributed by atoms with E-state index in [0.29, 0.717) is 0 Å². The summed E-state index contributed by atoms with van der Waals surface area (Å²) >= 11 is 0. The first kappa shape index (κ1) is 12.2. The smallest absolute Gasteiger partial charge is 0.194 e. The molecule has 0 fully saturated rings. The number of oxazole rings is 1. The standard InChI is InChI=1S/C12H22N2O/c1-3-6-11-10-14-12(15-11)7-5-9-13-8-4-2/h10,13H,3-9H2,1-2H3. The fourth-order valence-electron chi connectivity index (χ4n) is 1.49. The molecular weight excluding hydrogens is 188 g/mol. The van der Waals surface area contributed by atoms with Crippen LogP contribution in [0, 0.1) is 0 Å². The Morgan fingerprint density at radius 2 is 2.07 bits per heavy atom. The van der Waals surface area contributed by atoms with Crippen molar-refractivity contribution < 1.29 is 4.42 Å². The van der Waals surface area contributed by atoms with Crippen LogP contribution in [0.2, 0.25) is 0 Å². The van der Waals surface area contributed by atoms with Crippen molar-refractivity contribution in [2.45, 2.75) is 46.0 Å². The van der Waals surface area contributed by atoms with Gasteiger partial charge in [0.25, 0.3) is 0 Å². The van der Waals surface area contributed by atoms with Gasteiger partial charge in [-0.15, -0.1) is 0 Å². The van der Waals surface area contributed by atoms with Crippen molar-refractivity contribution in [1.29, 1.82) is 0 Å². The third kappa shape index (κ3) is 4.98. The van der Waals surface area contributed by atoms with Crippen LogP contribution in [0.25, 0.3) is 0 Å². The third-order valence-electron chi connectivity index (χ3n) is 2.27. The van der Waals surface area contributed by atoms with Crippen molar-refractivity contribution in [3.63, 3.8) is 0 Å². The summed E-state index contributed by atoms with van der Waals surface area (Å²) < 4.78 is 5.59. The zero-order valence-corrected chi connectivity index (χ0v) is 9.88. The molecule has 0 saturated heterocycles. The maximum Gasteiger partial charge on any atom is 0.194 e. The van der Waals surface area contributed by atoms with Crippen molar-refractivity contribution in [2.24, 2.45) is 0 Å². The molecule has 86 valence electrons. The second-order valence-electron chi connectivity index (χ2n) is 3.82. The number of rotatable bonds is 8. The number of nitrogens with zero attached hydrogens (tertiary/aromatic N) is 1. The Morgan fingerprint density at radius 1 is 1.20 bits per heavy atom. The molecule has 0 spiro atoms. The lowest BCUT2D eigenvalue weighted by Gasteiger charge is -2.00. The highest BCUT2D eigenvalue weighted by molar-refractivity contribution is 4.94. The molecule has 15 heavy (non-hydrogen) atoms. The molecule has 0 bridgehead atoms. The van der Waals surface area contributed by atoms with E-state index in [9.17, 15) is 0 Å². The van der Waals surface area contributed by atoms with E-state index < -0.39 is 0 Å². The Bertz CT molecular complexity index is 258. The van der Waals surface area contributed by atoms with Gasteiger partial charge < -0.3 is 9.73 Å². The molecule has 0 aliphatic rings. The molecule has 0 atom stereocenters. The summed E-state index contributed by atoms with van der Waals surface area (Å²) in [4.78, 5) is 4.26. The largest absolute Gasteiger partial charge is 0.446 e. The molecule has 3 heteroatoms. The average molecular weight is 210 g/mol. The van der Waals surface area contributed by atoms with Crippen molar-refractivity contribution in [2.75, 3.05) is 13.1 Å². The van der Waals surface area contributed by atoms with E-state index in [1.165, 1.54) is 6.42 Å². The van der Waals surface area contributed by atoms with Crippen LogP contribution < -0.4 is 5.32 Å². The normalized spacial score (nSPS) is 10.8. The molecule has 3 nitrogen and oxygen atoms in total. The minimum Gasteiger partial charge on any atom is -0.446 e. The fourth-order valence-corrected chi connectivity index (χ4v) is 1.49. The number of aromatic nitrogens is 1. The molecule has 1 aromatic heterocycles. The highest BCUT2D eigenvalue weighted by atomic mass is 16.4. The van der Waals surface area contributed by atoms with Crippen molar-refractivity contribution >= 4 is 0 Å². The van der Waals surface area contributed by atoms with Gasteiger partial charge in [0.05, 0.1) is 6.20 Å². The summed E-state index contributed by atoms with van der Waals surface area (Å²) in [7, 11) is 0. The molecule has 1 N–H and O–H groups in total. The Morgan fingerprint density at radius 3 is 2.80 bits per heavy atom. The second kappa shape index (κ2) is 7.46. The van der Waals surface area contributed by atoms with Crippen LogP contribution in [0.15, 0.2) is 10.6 Å². The third-order valence-corrected chi connectivity index (χ3v) is 2.27. The zero-order valence-electron chi connectivity index (χ0n) is 9.88. The lowest BCUT2D eigenvalue weighted by molar-refractivity contribution is 0.444. The molecule has 0 unspecified atom stereocenters. The summed E-state index contributed by atoms with van der Waals surface area (Å²) in [6.07, 6.45) is 7.22. The SMILES string of the molecule is CCCNCCCc1ncc(CCC)o1. The van der Waals surface area contributed by atoms with E-state index in [-0.39, 0.29) is 0 Å². The Balaban J connectivity index is 2.14. The summed E-state index contributed by atoms with van der Waals surface area (Å²) in [6, 6.07) is 0. The Hall–Kier alpha value is -0.830. The second-order valence-corrected chi connectivity index (χ2v) is 3.82. The van der Waals surface area contributed by atoms with E-state index in [2.05, 4.69) is 24.1 Å². The van der Waals surface area contributed by atoms with Crippen LogP contribution in [-0.2, 0) is 12.8 Å². The van der Waals surface area contributed by atoms with Crippen molar-refractivity contribution in [3.05, 3.63) is 17.8 Å². The van der Waals surface area contributed by atoms with Gasteiger partial charge in [0.15, 0.2) is 5.89 Å². The highest BCUT2D eigenvalue weighted by Gasteiger charge is 2.02. The molecule has 0 aromatic carbocycles. The molecule has 0 aliphatic heterocycles. The van der Waals surface area contributed by atoms with Crippen LogP contribution in [-0.4, -0.2) is 18.1 Å². The van der Waals surface area contributed by atoms with Gasteiger partial charge in [0.1, 0.15) is 5.76 Å². The minimum atomic E-state index is 0.886. The van der Waals surface area contributed by atoms with E-state index in [0.717, 1.165) is 50.4 Å². The summed E-state index contributed by atoms with van der Waals surface area (Å²) in [5.41, 5.74) is 0. The average Bonchev–Trinajstić information content (AvgIpc) is 2.66. The van der Waals surface area contributed by atoms with Crippen LogP contribution in [0.3, 0.4) is 0 Å². The number of nitrogens with one attached hydrogen (secondary N) is 1. The maximum atomic E-state index is 5.59. The lowest BCUT2D eigenvalue weighted by atomic mass is 10.3. The molecular formula is C12H22N2O. The predicted molar refractivity (Wildman–Crippen MR) is 62.0 cm³/mol. The first-order valence-electron chi connectivity index (χ1n) is 6.01. The monoisotopic (exact) mass is 210 g/mol. The summed E-state index contributed by atoms with van der Waals surface area (Å²) in [6.45, 7) is 6.49. The number of hydrogen-bond acceptors (Lipinski definition) is 3. The quantitative estimate of drug-likeness (QED) is 0.670. The molecule has 0 saturated carbocycles. The van der Waals surface area contributed by atoms with Gasteiger partial charge in [-0.1, -0.05) is 13.8 Å². The van der Waals surface area contributed by atoms with Crippen LogP contribution in [0.4, 0.5) is 0 Å². The van der Waals surface area contributed by atoms with Crippen molar-refractivity contribution in [1.82, 2.24) is 10.3 Å². The van der Waals surface area contributed by atoms with E-state index >= 15 is 0 Å².